The average molecular weight is 313 g/mol. The van der Waals surface area contributed by atoms with Crippen LogP contribution >= 0.6 is 0 Å². The Labute approximate surface area is 142 Å². The molecule has 2 aliphatic carbocycles. The zero-order valence-corrected chi connectivity index (χ0v) is 13.8. The van der Waals surface area contributed by atoms with E-state index >= 15 is 0 Å². The molecule has 0 radical (unpaired) electrons. The lowest BCUT2D eigenvalue weighted by Gasteiger charge is -2.21. The van der Waals surface area contributed by atoms with Crippen LogP contribution in [0.4, 0.5) is 0 Å². The molecule has 0 bridgehead atoms. The van der Waals surface area contributed by atoms with Crippen molar-refractivity contribution in [3.63, 3.8) is 0 Å². The van der Waals surface area contributed by atoms with E-state index in [0.29, 0.717) is 17.9 Å². The van der Waals surface area contributed by atoms with Crippen LogP contribution in [0.2, 0.25) is 0 Å². The van der Waals surface area contributed by atoms with Crippen molar-refractivity contribution in [2.45, 2.75) is 38.5 Å². The number of ketones is 1. The van der Waals surface area contributed by atoms with E-state index in [9.17, 15) is 10.1 Å². The number of fused-ring (bicyclic) bond motifs is 1. The molecule has 1 fully saturated rings. The highest BCUT2D eigenvalue weighted by Gasteiger charge is 2.29. The van der Waals surface area contributed by atoms with Crippen LogP contribution in [0, 0.1) is 11.3 Å². The van der Waals surface area contributed by atoms with Gasteiger partial charge in [-0.2, -0.15) is 5.26 Å². The van der Waals surface area contributed by atoms with Crippen molar-refractivity contribution in [3.05, 3.63) is 75.9 Å². The number of Topliss-reactive ketones (excluding diaryl/α,β-unsaturated/α-hetero) is 1. The van der Waals surface area contributed by atoms with Gasteiger partial charge in [-0.25, -0.2) is 0 Å². The molecular formula is C22H19NO. The number of hydrogen-bond donors (Lipinski definition) is 0. The molecule has 118 valence electrons. The van der Waals surface area contributed by atoms with Crippen molar-refractivity contribution in [1.82, 2.24) is 0 Å². The maximum Gasteiger partial charge on any atom is 0.178 e. The number of aryl methyl sites for hydroxylation is 1. The van der Waals surface area contributed by atoms with Gasteiger partial charge in [0.2, 0.25) is 0 Å². The maximum absolute atomic E-state index is 12.4. The molecule has 0 saturated heterocycles. The molecule has 2 aliphatic rings. The molecule has 0 amide bonds. The van der Waals surface area contributed by atoms with Crippen molar-refractivity contribution in [2.75, 3.05) is 0 Å². The summed E-state index contributed by atoms with van der Waals surface area (Å²) < 4.78 is 0. The van der Waals surface area contributed by atoms with Crippen LogP contribution in [0.15, 0.2) is 48.0 Å². The number of nitriles is 1. The smallest absolute Gasteiger partial charge is 0.178 e. The summed E-state index contributed by atoms with van der Waals surface area (Å²) in [5, 5.41) is 9.58. The van der Waals surface area contributed by atoms with Crippen LogP contribution < -0.4 is 0 Å². The van der Waals surface area contributed by atoms with E-state index in [1.165, 1.54) is 24.0 Å². The molecule has 2 nitrogen and oxygen atoms in total. The zero-order chi connectivity index (χ0) is 16.7. The minimum atomic E-state index is -0.0706. The minimum Gasteiger partial charge on any atom is -0.293 e. The van der Waals surface area contributed by atoms with E-state index in [2.05, 4.69) is 43.3 Å². The fourth-order valence-corrected chi connectivity index (χ4v) is 3.51. The van der Waals surface area contributed by atoms with Gasteiger partial charge in [0.25, 0.3) is 0 Å². The fraction of sp³-hybridized carbons (Fsp3) is 0.273. The molecule has 0 spiro atoms. The van der Waals surface area contributed by atoms with Gasteiger partial charge in [0.05, 0.1) is 0 Å². The highest BCUT2D eigenvalue weighted by molar-refractivity contribution is 6.13. The topological polar surface area (TPSA) is 40.9 Å². The number of nitrogens with zero attached hydrogens (tertiary/aromatic N) is 1. The predicted octanol–water partition coefficient (Wildman–Crippen LogP) is 4.58. The van der Waals surface area contributed by atoms with Crippen molar-refractivity contribution in [3.8, 4) is 6.07 Å². The second-order valence-electron chi connectivity index (χ2n) is 6.70. The van der Waals surface area contributed by atoms with Gasteiger partial charge >= 0.3 is 0 Å². The van der Waals surface area contributed by atoms with Crippen molar-refractivity contribution in [2.24, 2.45) is 0 Å². The number of carbonyl (C=O) groups excluding carboxylic acids is 1. The van der Waals surface area contributed by atoms with E-state index in [4.69, 9.17) is 0 Å². The van der Waals surface area contributed by atoms with Crippen LogP contribution in [-0.2, 0) is 17.6 Å². The molecule has 0 atom stereocenters. The Kier molecular flexibility index (Phi) is 3.58. The lowest BCUT2D eigenvalue weighted by molar-refractivity contribution is -0.114. The number of rotatable bonds is 3. The summed E-state index contributed by atoms with van der Waals surface area (Å²) in [7, 11) is 0. The van der Waals surface area contributed by atoms with Gasteiger partial charge in [0, 0.05) is 12.0 Å². The van der Waals surface area contributed by atoms with Gasteiger partial charge in [-0.05, 0) is 53.0 Å². The van der Waals surface area contributed by atoms with E-state index in [0.717, 1.165) is 28.7 Å². The Balaban J connectivity index is 1.91. The summed E-state index contributed by atoms with van der Waals surface area (Å²) in [6, 6.07) is 16.9. The maximum atomic E-state index is 12.4. The number of allylic oxidation sites excluding steroid dienone is 1. The third-order valence-electron chi connectivity index (χ3n) is 5.09. The summed E-state index contributed by atoms with van der Waals surface area (Å²) in [5.74, 6) is 0.584. The largest absolute Gasteiger partial charge is 0.293 e. The summed E-state index contributed by atoms with van der Waals surface area (Å²) in [6.45, 7) is 2.12. The number of benzene rings is 2. The minimum absolute atomic E-state index is 0.0706. The Morgan fingerprint density at radius 3 is 2.50 bits per heavy atom. The third kappa shape index (κ3) is 2.47. The van der Waals surface area contributed by atoms with Crippen LogP contribution in [0.25, 0.3) is 5.57 Å². The molecule has 2 heteroatoms. The molecule has 0 N–H and O–H groups in total. The number of hydrogen-bond acceptors (Lipinski definition) is 2. The SMILES string of the molecule is CCc1ccc(C2=C(C#N)C(=O)Cc3ccc(C4CC4)cc32)cc1. The monoisotopic (exact) mass is 313 g/mol. The Morgan fingerprint density at radius 1 is 1.12 bits per heavy atom. The van der Waals surface area contributed by atoms with E-state index in [1.807, 2.05) is 12.1 Å². The first-order valence-electron chi connectivity index (χ1n) is 8.61. The van der Waals surface area contributed by atoms with Crippen molar-refractivity contribution in [1.29, 1.82) is 5.26 Å². The van der Waals surface area contributed by atoms with E-state index < -0.39 is 0 Å². The lowest BCUT2D eigenvalue weighted by Crippen LogP contribution is -2.16. The first kappa shape index (κ1) is 14.9. The Hall–Kier alpha value is -2.66. The first-order chi connectivity index (χ1) is 11.7. The van der Waals surface area contributed by atoms with Gasteiger partial charge in [-0.3, -0.25) is 4.79 Å². The van der Waals surface area contributed by atoms with Crippen molar-refractivity contribution >= 4 is 11.4 Å². The molecule has 1 saturated carbocycles. The van der Waals surface area contributed by atoms with E-state index in [-0.39, 0.29) is 5.78 Å². The summed E-state index contributed by atoms with van der Waals surface area (Å²) in [5.41, 5.74) is 6.78. The number of carbonyl (C=O) groups is 1. The lowest BCUT2D eigenvalue weighted by atomic mass is 9.80. The third-order valence-corrected chi connectivity index (χ3v) is 5.09. The molecule has 4 rings (SSSR count). The quantitative estimate of drug-likeness (QED) is 0.832. The molecule has 24 heavy (non-hydrogen) atoms. The second-order valence-corrected chi connectivity index (χ2v) is 6.70. The molecule has 0 unspecified atom stereocenters. The standard InChI is InChI=1S/C22H19NO/c1-2-14-3-5-16(6-4-14)22-19-11-17(15-7-8-15)9-10-18(19)12-21(24)20(22)13-23/h3-6,9-11,15H,2,7-8,12H2,1H3. The highest BCUT2D eigenvalue weighted by Crippen LogP contribution is 2.43. The van der Waals surface area contributed by atoms with Gasteiger partial charge in [-0.15, -0.1) is 0 Å². The molecule has 2 aromatic rings. The van der Waals surface area contributed by atoms with Gasteiger partial charge in [0.15, 0.2) is 5.78 Å². The highest BCUT2D eigenvalue weighted by atomic mass is 16.1. The first-order valence-corrected chi connectivity index (χ1v) is 8.61. The summed E-state index contributed by atoms with van der Waals surface area (Å²) in [6.07, 6.45) is 3.80. The van der Waals surface area contributed by atoms with Gasteiger partial charge in [-0.1, -0.05) is 49.4 Å². The molecule has 0 heterocycles. The van der Waals surface area contributed by atoms with Gasteiger partial charge < -0.3 is 0 Å². The molecule has 0 aromatic heterocycles. The van der Waals surface area contributed by atoms with Crippen LogP contribution in [0.1, 0.15) is 53.5 Å². The Bertz CT molecular complexity index is 893. The van der Waals surface area contributed by atoms with Crippen LogP contribution in [-0.4, -0.2) is 5.78 Å². The fourth-order valence-electron chi connectivity index (χ4n) is 3.51. The molecule has 0 aliphatic heterocycles. The van der Waals surface area contributed by atoms with Gasteiger partial charge in [0.1, 0.15) is 11.6 Å². The average Bonchev–Trinajstić information content (AvgIpc) is 3.45. The summed E-state index contributed by atoms with van der Waals surface area (Å²) in [4.78, 5) is 12.4. The van der Waals surface area contributed by atoms with Crippen LogP contribution in [0.5, 0.6) is 0 Å². The molecular weight excluding hydrogens is 294 g/mol. The van der Waals surface area contributed by atoms with Crippen molar-refractivity contribution < 1.29 is 4.79 Å². The molecule has 2 aromatic carbocycles. The zero-order valence-electron chi connectivity index (χ0n) is 13.8. The van der Waals surface area contributed by atoms with E-state index in [1.54, 1.807) is 0 Å². The van der Waals surface area contributed by atoms with Crippen LogP contribution in [0.3, 0.4) is 0 Å². The predicted molar refractivity (Wildman–Crippen MR) is 94.6 cm³/mol. The Morgan fingerprint density at radius 2 is 1.88 bits per heavy atom. The second kappa shape index (κ2) is 5.76. The summed E-state index contributed by atoms with van der Waals surface area (Å²) >= 11 is 0. The normalized spacial score (nSPS) is 16.8.